The van der Waals surface area contributed by atoms with Crippen LogP contribution in [0.25, 0.3) is 0 Å². The lowest BCUT2D eigenvalue weighted by Crippen LogP contribution is -2.55. The van der Waals surface area contributed by atoms with E-state index in [9.17, 15) is 4.79 Å². The second-order valence-electron chi connectivity index (χ2n) is 9.30. The molecule has 4 nitrogen and oxygen atoms in total. The number of hydrogen-bond donors (Lipinski definition) is 2. The number of amides is 1. The fourth-order valence-corrected chi connectivity index (χ4v) is 4.61. The molecule has 2 unspecified atom stereocenters. The van der Waals surface area contributed by atoms with Gasteiger partial charge in [-0.05, 0) is 63.7 Å². The molecule has 22 heavy (non-hydrogen) atoms. The van der Waals surface area contributed by atoms with E-state index < -0.39 is 5.60 Å². The Kier molecular flexibility index (Phi) is 4.55. The fraction of sp³-hybridized carbons (Fsp3) is 0.944. The summed E-state index contributed by atoms with van der Waals surface area (Å²) >= 11 is 0. The van der Waals surface area contributed by atoms with Crippen molar-refractivity contribution in [3.8, 4) is 0 Å². The van der Waals surface area contributed by atoms with E-state index in [2.05, 4.69) is 38.3 Å². The van der Waals surface area contributed by atoms with Gasteiger partial charge in [-0.15, -0.1) is 0 Å². The summed E-state index contributed by atoms with van der Waals surface area (Å²) < 4.78 is 5.29. The molecule has 0 aliphatic heterocycles. The summed E-state index contributed by atoms with van der Waals surface area (Å²) in [5.41, 5.74) is 0.308. The first-order valence-electron chi connectivity index (χ1n) is 8.67. The zero-order valence-electron chi connectivity index (χ0n) is 15.4. The highest BCUT2D eigenvalue weighted by molar-refractivity contribution is 5.67. The van der Waals surface area contributed by atoms with Gasteiger partial charge in [0.2, 0.25) is 0 Å². The highest BCUT2D eigenvalue weighted by Crippen LogP contribution is 2.62. The van der Waals surface area contributed by atoms with Gasteiger partial charge in [0.15, 0.2) is 0 Å². The van der Waals surface area contributed by atoms with Gasteiger partial charge in [-0.3, -0.25) is 0 Å². The molecule has 2 N–H and O–H groups in total. The van der Waals surface area contributed by atoms with Crippen LogP contribution < -0.4 is 10.6 Å². The van der Waals surface area contributed by atoms with Gasteiger partial charge in [0.1, 0.15) is 5.60 Å². The van der Waals surface area contributed by atoms with Gasteiger partial charge < -0.3 is 15.4 Å². The van der Waals surface area contributed by atoms with Crippen LogP contribution in [0, 0.1) is 16.7 Å². The Morgan fingerprint density at radius 3 is 2.45 bits per heavy atom. The molecular formula is C18H34N2O2. The van der Waals surface area contributed by atoms with Gasteiger partial charge in [-0.25, -0.2) is 4.79 Å². The zero-order valence-corrected chi connectivity index (χ0v) is 15.4. The summed E-state index contributed by atoms with van der Waals surface area (Å²) in [4.78, 5) is 11.8. The summed E-state index contributed by atoms with van der Waals surface area (Å²) in [5.74, 6) is 0.834. The topological polar surface area (TPSA) is 50.4 Å². The van der Waals surface area contributed by atoms with Crippen molar-refractivity contribution in [3.05, 3.63) is 0 Å². The molecule has 2 aliphatic rings. The first-order valence-corrected chi connectivity index (χ1v) is 8.67. The second-order valence-corrected chi connectivity index (χ2v) is 9.30. The number of hydrogen-bond acceptors (Lipinski definition) is 3. The van der Waals surface area contributed by atoms with Crippen LogP contribution in [-0.2, 0) is 4.74 Å². The monoisotopic (exact) mass is 310 g/mol. The number of nitrogens with one attached hydrogen (secondary N) is 2. The summed E-state index contributed by atoms with van der Waals surface area (Å²) in [5, 5.41) is 6.66. The molecular weight excluding hydrogens is 276 g/mol. The maximum absolute atomic E-state index is 11.8. The maximum Gasteiger partial charge on any atom is 0.407 e. The molecule has 128 valence electrons. The minimum atomic E-state index is -0.444. The van der Waals surface area contributed by atoms with Crippen molar-refractivity contribution in [2.45, 2.75) is 85.4 Å². The molecule has 0 heterocycles. The molecule has 4 heteroatoms. The van der Waals surface area contributed by atoms with Crippen molar-refractivity contribution in [1.29, 1.82) is 0 Å². The van der Waals surface area contributed by atoms with Crippen molar-refractivity contribution < 1.29 is 9.53 Å². The number of rotatable bonds is 4. The molecule has 2 aliphatic carbocycles. The number of ether oxygens (including phenoxy) is 1. The lowest BCUT2D eigenvalue weighted by atomic mass is 9.68. The van der Waals surface area contributed by atoms with Crippen LogP contribution in [0.3, 0.4) is 0 Å². The predicted octanol–water partition coefficient (Wildman–Crippen LogP) is 3.70. The van der Waals surface area contributed by atoms with Crippen LogP contribution in [0.1, 0.15) is 67.7 Å². The Labute approximate surface area is 135 Å². The van der Waals surface area contributed by atoms with Crippen LogP contribution in [0.15, 0.2) is 0 Å². The van der Waals surface area contributed by atoms with Gasteiger partial charge in [-0.1, -0.05) is 20.8 Å². The first-order chi connectivity index (χ1) is 9.94. The van der Waals surface area contributed by atoms with Crippen LogP contribution in [0.2, 0.25) is 0 Å². The predicted molar refractivity (Wildman–Crippen MR) is 89.9 cm³/mol. The molecule has 4 atom stereocenters. The Morgan fingerprint density at radius 2 is 1.95 bits per heavy atom. The third kappa shape index (κ3) is 3.58. The third-order valence-electron chi connectivity index (χ3n) is 5.67. The standard InChI is InChI=1S/C18H34N2O2/c1-12(11-19-15(21)22-16(2,3)4)20-14-17(5,6)13-8-9-18(14,7)10-13/h12-14,20H,8-11H2,1-7H3,(H,19,21)/t12?,13-,14?,18+/m0/s1. The number of fused-ring (bicyclic) bond motifs is 2. The van der Waals surface area contributed by atoms with Crippen molar-refractivity contribution in [2.75, 3.05) is 6.54 Å². The molecule has 0 aromatic rings. The van der Waals surface area contributed by atoms with Crippen LogP contribution in [0.4, 0.5) is 4.79 Å². The first kappa shape index (κ1) is 17.6. The van der Waals surface area contributed by atoms with E-state index in [1.165, 1.54) is 19.3 Å². The number of carbonyl (C=O) groups excluding carboxylic acids is 1. The molecule has 0 saturated heterocycles. The Morgan fingerprint density at radius 1 is 1.32 bits per heavy atom. The van der Waals surface area contributed by atoms with Crippen molar-refractivity contribution in [1.82, 2.24) is 10.6 Å². The van der Waals surface area contributed by atoms with E-state index in [1.807, 2.05) is 20.8 Å². The van der Waals surface area contributed by atoms with E-state index in [0.717, 1.165) is 5.92 Å². The molecule has 0 aromatic heterocycles. The van der Waals surface area contributed by atoms with Crippen molar-refractivity contribution in [2.24, 2.45) is 16.7 Å². The van der Waals surface area contributed by atoms with E-state index in [0.29, 0.717) is 23.4 Å². The van der Waals surface area contributed by atoms with Gasteiger partial charge in [0.05, 0.1) is 0 Å². The quantitative estimate of drug-likeness (QED) is 0.832. The van der Waals surface area contributed by atoms with Crippen LogP contribution in [0.5, 0.6) is 0 Å². The average Bonchev–Trinajstić information content (AvgIpc) is 2.81. The van der Waals surface area contributed by atoms with Gasteiger partial charge in [0.25, 0.3) is 0 Å². The molecule has 0 spiro atoms. The van der Waals surface area contributed by atoms with Crippen molar-refractivity contribution in [3.63, 3.8) is 0 Å². The van der Waals surface area contributed by atoms with Gasteiger partial charge in [-0.2, -0.15) is 0 Å². The molecule has 0 radical (unpaired) electrons. The molecule has 2 saturated carbocycles. The summed E-state index contributed by atoms with van der Waals surface area (Å²) in [6, 6.07) is 0.766. The normalized spacial score (nSPS) is 34.5. The maximum atomic E-state index is 11.8. The number of carbonyl (C=O) groups is 1. The molecule has 0 aromatic carbocycles. The molecule has 2 rings (SSSR count). The van der Waals surface area contributed by atoms with E-state index in [-0.39, 0.29) is 12.1 Å². The Balaban J connectivity index is 1.85. The largest absolute Gasteiger partial charge is 0.444 e. The lowest BCUT2D eigenvalue weighted by Gasteiger charge is -2.44. The lowest BCUT2D eigenvalue weighted by molar-refractivity contribution is 0.0514. The van der Waals surface area contributed by atoms with Crippen LogP contribution in [-0.4, -0.2) is 30.3 Å². The van der Waals surface area contributed by atoms with Crippen molar-refractivity contribution >= 4 is 6.09 Å². The Hall–Kier alpha value is -0.770. The second kappa shape index (κ2) is 5.70. The summed E-state index contributed by atoms with van der Waals surface area (Å²) in [6.07, 6.45) is 3.70. The average molecular weight is 310 g/mol. The van der Waals surface area contributed by atoms with Gasteiger partial charge >= 0.3 is 6.09 Å². The van der Waals surface area contributed by atoms with E-state index in [4.69, 9.17) is 4.74 Å². The fourth-order valence-electron chi connectivity index (χ4n) is 4.61. The van der Waals surface area contributed by atoms with Crippen LogP contribution >= 0.6 is 0 Å². The van der Waals surface area contributed by atoms with E-state index in [1.54, 1.807) is 0 Å². The summed E-state index contributed by atoms with van der Waals surface area (Å²) in [6.45, 7) is 15.6. The number of alkyl carbamates (subject to hydrolysis) is 1. The highest BCUT2D eigenvalue weighted by Gasteiger charge is 2.59. The smallest absolute Gasteiger partial charge is 0.407 e. The van der Waals surface area contributed by atoms with Gasteiger partial charge in [0, 0.05) is 18.6 Å². The summed E-state index contributed by atoms with van der Waals surface area (Å²) in [7, 11) is 0. The third-order valence-corrected chi connectivity index (χ3v) is 5.67. The molecule has 2 bridgehead atoms. The molecule has 1 amide bonds. The zero-order chi connectivity index (χ0) is 16.8. The Bertz CT molecular complexity index is 423. The minimum absolute atomic E-state index is 0.243. The highest BCUT2D eigenvalue weighted by atomic mass is 16.6. The SMILES string of the molecule is CC(CNC(=O)OC(C)(C)C)NC1C(C)(C)[C@H]2CC[C@]1(C)C2. The minimum Gasteiger partial charge on any atom is -0.444 e. The molecule has 2 fully saturated rings. The van der Waals surface area contributed by atoms with E-state index >= 15 is 0 Å².